The molecule has 0 atom stereocenters. The van der Waals surface area contributed by atoms with E-state index < -0.39 is 0 Å². The largest absolute Gasteiger partial charge is 0.429 e. The third-order valence-electron chi connectivity index (χ3n) is 2.21. The van der Waals surface area contributed by atoms with Crippen LogP contribution >= 0.6 is 23.8 Å². The van der Waals surface area contributed by atoms with Crippen LogP contribution in [0.2, 0.25) is 5.02 Å². The standard InChI is InChI=1S/C11H12ClNOS/c1-11(2,3)13-8-6-7(12)4-5-9(8)14-10(13)15/h4-6H,1-3H3. The Hall–Kier alpha value is -0.800. The molecule has 15 heavy (non-hydrogen) atoms. The van der Waals surface area contributed by atoms with Crippen LogP contribution in [0.3, 0.4) is 0 Å². The molecule has 1 heterocycles. The monoisotopic (exact) mass is 241 g/mol. The van der Waals surface area contributed by atoms with E-state index >= 15 is 0 Å². The molecule has 1 aromatic heterocycles. The smallest absolute Gasteiger partial charge is 0.270 e. The number of fused-ring (bicyclic) bond motifs is 1. The highest BCUT2D eigenvalue weighted by atomic mass is 35.5. The van der Waals surface area contributed by atoms with E-state index in [2.05, 4.69) is 20.8 Å². The van der Waals surface area contributed by atoms with Crippen molar-refractivity contribution >= 4 is 34.9 Å². The zero-order valence-electron chi connectivity index (χ0n) is 8.87. The van der Waals surface area contributed by atoms with Crippen LogP contribution in [0.15, 0.2) is 22.6 Å². The summed E-state index contributed by atoms with van der Waals surface area (Å²) in [4.78, 5) is 0.486. The summed E-state index contributed by atoms with van der Waals surface area (Å²) in [5, 5.41) is 0.691. The fourth-order valence-electron chi connectivity index (χ4n) is 1.62. The molecule has 4 heteroatoms. The molecule has 0 N–H and O–H groups in total. The minimum Gasteiger partial charge on any atom is -0.429 e. The van der Waals surface area contributed by atoms with Gasteiger partial charge in [-0.25, -0.2) is 0 Å². The maximum Gasteiger partial charge on any atom is 0.270 e. The van der Waals surface area contributed by atoms with Gasteiger partial charge in [0.25, 0.3) is 4.84 Å². The first-order valence-corrected chi connectivity index (χ1v) is 5.50. The molecule has 0 fully saturated rings. The van der Waals surface area contributed by atoms with E-state index in [0.29, 0.717) is 9.86 Å². The highest BCUT2D eigenvalue weighted by molar-refractivity contribution is 7.71. The average Bonchev–Trinajstić information content (AvgIpc) is 2.38. The van der Waals surface area contributed by atoms with Gasteiger partial charge in [-0.1, -0.05) is 11.6 Å². The molecule has 0 saturated carbocycles. The third kappa shape index (κ3) is 1.82. The number of halogens is 1. The van der Waals surface area contributed by atoms with E-state index in [-0.39, 0.29) is 5.54 Å². The summed E-state index contributed by atoms with van der Waals surface area (Å²) in [6.45, 7) is 6.25. The first kappa shape index (κ1) is 10.7. The van der Waals surface area contributed by atoms with Crippen LogP contribution in [0.1, 0.15) is 20.8 Å². The molecule has 0 spiro atoms. The van der Waals surface area contributed by atoms with E-state index in [1.807, 2.05) is 16.7 Å². The summed E-state index contributed by atoms with van der Waals surface area (Å²) >= 11 is 11.2. The molecule has 0 aliphatic heterocycles. The molecule has 1 aromatic carbocycles. The molecule has 0 aliphatic rings. The Morgan fingerprint density at radius 1 is 1.33 bits per heavy atom. The average molecular weight is 242 g/mol. The number of aromatic nitrogens is 1. The summed E-state index contributed by atoms with van der Waals surface area (Å²) in [6, 6.07) is 5.52. The van der Waals surface area contributed by atoms with Crippen LogP contribution in [-0.2, 0) is 5.54 Å². The van der Waals surface area contributed by atoms with Gasteiger partial charge in [0.15, 0.2) is 5.58 Å². The molecule has 2 rings (SSSR count). The fraction of sp³-hybridized carbons (Fsp3) is 0.364. The Balaban J connectivity index is 2.89. The zero-order chi connectivity index (χ0) is 11.2. The van der Waals surface area contributed by atoms with Gasteiger partial charge in [-0.15, -0.1) is 0 Å². The van der Waals surface area contributed by atoms with Crippen LogP contribution in [0.5, 0.6) is 0 Å². The summed E-state index contributed by atoms with van der Waals surface area (Å²) in [6.07, 6.45) is 0. The molecule has 0 saturated heterocycles. The van der Waals surface area contributed by atoms with E-state index in [1.165, 1.54) is 0 Å². The van der Waals surface area contributed by atoms with Crippen molar-refractivity contribution in [3.63, 3.8) is 0 Å². The molecular formula is C11H12ClNOS. The molecule has 0 radical (unpaired) electrons. The van der Waals surface area contributed by atoms with E-state index in [4.69, 9.17) is 28.2 Å². The van der Waals surface area contributed by atoms with Gasteiger partial charge in [0, 0.05) is 10.6 Å². The number of rotatable bonds is 0. The Morgan fingerprint density at radius 3 is 2.60 bits per heavy atom. The first-order valence-electron chi connectivity index (χ1n) is 4.71. The first-order chi connectivity index (χ1) is 6.89. The summed E-state index contributed by atoms with van der Waals surface area (Å²) < 4.78 is 7.48. The van der Waals surface area contributed by atoms with Crippen molar-refractivity contribution in [3.8, 4) is 0 Å². The Labute approximate surface area is 98.5 Å². The van der Waals surface area contributed by atoms with Crippen molar-refractivity contribution < 1.29 is 4.42 Å². The van der Waals surface area contributed by atoms with Gasteiger partial charge >= 0.3 is 0 Å². The fourth-order valence-corrected chi connectivity index (χ4v) is 2.25. The van der Waals surface area contributed by atoms with Crippen molar-refractivity contribution in [2.75, 3.05) is 0 Å². The zero-order valence-corrected chi connectivity index (χ0v) is 10.4. The Bertz CT molecular complexity index is 562. The molecule has 0 amide bonds. The van der Waals surface area contributed by atoms with Gasteiger partial charge in [0.1, 0.15) is 0 Å². The lowest BCUT2D eigenvalue weighted by Gasteiger charge is -2.20. The molecule has 80 valence electrons. The van der Waals surface area contributed by atoms with Crippen LogP contribution in [-0.4, -0.2) is 4.57 Å². The Morgan fingerprint density at radius 2 is 2.00 bits per heavy atom. The van der Waals surface area contributed by atoms with Crippen molar-refractivity contribution in [2.45, 2.75) is 26.3 Å². The molecule has 2 aromatic rings. The minimum atomic E-state index is -0.104. The molecule has 0 aliphatic carbocycles. The number of nitrogens with zero attached hydrogens (tertiary/aromatic N) is 1. The molecular weight excluding hydrogens is 230 g/mol. The van der Waals surface area contributed by atoms with Crippen LogP contribution < -0.4 is 0 Å². The van der Waals surface area contributed by atoms with Gasteiger partial charge in [0.05, 0.1) is 5.52 Å². The topological polar surface area (TPSA) is 18.1 Å². The lowest BCUT2D eigenvalue weighted by atomic mass is 10.1. The van der Waals surface area contributed by atoms with E-state index in [1.54, 1.807) is 6.07 Å². The van der Waals surface area contributed by atoms with Crippen molar-refractivity contribution in [3.05, 3.63) is 28.1 Å². The molecule has 0 bridgehead atoms. The van der Waals surface area contributed by atoms with Crippen LogP contribution in [0.4, 0.5) is 0 Å². The SMILES string of the molecule is CC(C)(C)n1c(=S)oc2ccc(Cl)cc21. The second-order valence-corrected chi connectivity index (χ2v) is 5.27. The highest BCUT2D eigenvalue weighted by Gasteiger charge is 2.19. The number of hydrogen-bond acceptors (Lipinski definition) is 2. The van der Waals surface area contributed by atoms with E-state index in [9.17, 15) is 0 Å². The van der Waals surface area contributed by atoms with Crippen molar-refractivity contribution in [1.82, 2.24) is 4.57 Å². The molecule has 0 unspecified atom stereocenters. The van der Waals surface area contributed by atoms with Gasteiger partial charge in [-0.2, -0.15) is 0 Å². The van der Waals surface area contributed by atoms with Crippen LogP contribution in [0, 0.1) is 4.84 Å². The highest BCUT2D eigenvalue weighted by Crippen LogP contribution is 2.27. The lowest BCUT2D eigenvalue weighted by Crippen LogP contribution is -2.21. The normalized spacial score (nSPS) is 12.3. The summed E-state index contributed by atoms with van der Waals surface area (Å²) in [5.41, 5.74) is 1.62. The third-order valence-corrected chi connectivity index (χ3v) is 2.71. The van der Waals surface area contributed by atoms with Gasteiger partial charge in [-0.05, 0) is 51.2 Å². The minimum absolute atomic E-state index is 0.104. The molecule has 2 nitrogen and oxygen atoms in total. The van der Waals surface area contributed by atoms with Gasteiger partial charge < -0.3 is 4.42 Å². The maximum absolute atomic E-state index is 5.96. The predicted molar refractivity (Wildman–Crippen MR) is 65.0 cm³/mol. The van der Waals surface area contributed by atoms with Crippen LogP contribution in [0.25, 0.3) is 11.1 Å². The van der Waals surface area contributed by atoms with Gasteiger partial charge in [0.2, 0.25) is 0 Å². The lowest BCUT2D eigenvalue weighted by molar-refractivity contribution is 0.376. The number of benzene rings is 1. The summed E-state index contributed by atoms with van der Waals surface area (Å²) in [5.74, 6) is 0. The predicted octanol–water partition coefficient (Wildman–Crippen LogP) is 4.37. The second kappa shape index (κ2) is 3.35. The second-order valence-electron chi connectivity index (χ2n) is 4.49. The van der Waals surface area contributed by atoms with Gasteiger partial charge in [-0.3, -0.25) is 4.57 Å². The van der Waals surface area contributed by atoms with Crippen molar-refractivity contribution in [1.29, 1.82) is 0 Å². The number of oxazole rings is 1. The maximum atomic E-state index is 5.96. The van der Waals surface area contributed by atoms with Crippen molar-refractivity contribution in [2.24, 2.45) is 0 Å². The quantitative estimate of drug-likeness (QED) is 0.638. The summed E-state index contributed by atoms with van der Waals surface area (Å²) in [7, 11) is 0. The Kier molecular flexibility index (Phi) is 2.40. The van der Waals surface area contributed by atoms with E-state index in [0.717, 1.165) is 11.1 Å². The number of hydrogen-bond donors (Lipinski definition) is 0.